The molecule has 0 aliphatic rings. The molecule has 0 saturated heterocycles. The van der Waals surface area contributed by atoms with Crippen molar-refractivity contribution in [3.63, 3.8) is 0 Å². The fraction of sp³-hybridized carbons (Fsp3) is 0.188. The molecule has 3 rings (SSSR count). The van der Waals surface area contributed by atoms with Gasteiger partial charge in [-0.1, -0.05) is 36.2 Å². The first-order valence-electron chi connectivity index (χ1n) is 6.74. The molecule has 0 fully saturated rings. The first-order chi connectivity index (χ1) is 10.1. The summed E-state index contributed by atoms with van der Waals surface area (Å²) in [5.41, 5.74) is 9.56. The minimum atomic E-state index is 0.171. The summed E-state index contributed by atoms with van der Waals surface area (Å²) in [5, 5.41) is 1.21. The van der Waals surface area contributed by atoms with Gasteiger partial charge in [-0.25, -0.2) is 4.98 Å². The lowest BCUT2D eigenvalue weighted by molar-refractivity contribution is 0.738. The van der Waals surface area contributed by atoms with Crippen molar-refractivity contribution >= 4 is 28.8 Å². The Kier molecular flexibility index (Phi) is 3.89. The molecule has 0 aliphatic heterocycles. The van der Waals surface area contributed by atoms with E-state index in [9.17, 15) is 0 Å². The summed E-state index contributed by atoms with van der Waals surface area (Å²) in [6, 6.07) is 11.4. The van der Waals surface area contributed by atoms with Gasteiger partial charge in [-0.05, 0) is 30.3 Å². The molecule has 1 unspecified atom stereocenters. The number of aromatic nitrogens is 2. The third-order valence-corrected chi connectivity index (χ3v) is 4.12. The zero-order chi connectivity index (χ0) is 15.0. The summed E-state index contributed by atoms with van der Waals surface area (Å²) < 4.78 is 2.07. The second-order valence-corrected chi connectivity index (χ2v) is 5.88. The normalized spacial score (nSPS) is 12.8. The molecule has 0 saturated carbocycles. The van der Waals surface area contributed by atoms with Crippen molar-refractivity contribution in [2.45, 2.75) is 12.8 Å². The molecular formula is C16H15Cl2N3. The molecule has 3 aromatic rings. The summed E-state index contributed by atoms with van der Waals surface area (Å²) in [4.78, 5) is 4.72. The quantitative estimate of drug-likeness (QED) is 0.779. The van der Waals surface area contributed by atoms with E-state index >= 15 is 0 Å². The Bertz CT molecular complexity index is 795. The van der Waals surface area contributed by atoms with Gasteiger partial charge in [-0.2, -0.15) is 0 Å². The highest BCUT2D eigenvalue weighted by molar-refractivity contribution is 6.36. The van der Waals surface area contributed by atoms with Crippen LogP contribution in [0.15, 0.2) is 42.6 Å². The lowest BCUT2D eigenvalue weighted by atomic mass is 10.0. The number of nitrogens with two attached hydrogens (primary N) is 1. The van der Waals surface area contributed by atoms with Crippen LogP contribution in [0.1, 0.15) is 18.5 Å². The maximum Gasteiger partial charge on any atom is 0.137 e. The Morgan fingerprint density at radius 3 is 2.76 bits per heavy atom. The summed E-state index contributed by atoms with van der Waals surface area (Å²) >= 11 is 12.3. The number of hydrogen-bond acceptors (Lipinski definition) is 2. The maximum absolute atomic E-state index is 6.35. The van der Waals surface area contributed by atoms with Crippen LogP contribution in [-0.2, 0) is 0 Å². The van der Waals surface area contributed by atoms with Crippen molar-refractivity contribution in [3.8, 4) is 11.3 Å². The fourth-order valence-corrected chi connectivity index (χ4v) is 2.97. The average molecular weight is 320 g/mol. The molecule has 2 heterocycles. The van der Waals surface area contributed by atoms with Crippen molar-refractivity contribution in [1.82, 2.24) is 9.38 Å². The number of fused-ring (bicyclic) bond motifs is 1. The zero-order valence-corrected chi connectivity index (χ0v) is 13.1. The van der Waals surface area contributed by atoms with Crippen molar-refractivity contribution in [2.24, 2.45) is 5.73 Å². The summed E-state index contributed by atoms with van der Waals surface area (Å²) in [6.07, 6.45) is 2.00. The molecule has 0 aliphatic carbocycles. The molecule has 0 bridgehead atoms. The molecule has 1 aromatic carbocycles. The Hall–Kier alpha value is -1.55. The second kappa shape index (κ2) is 5.68. The molecule has 21 heavy (non-hydrogen) atoms. The Labute approximate surface area is 133 Å². The van der Waals surface area contributed by atoms with Gasteiger partial charge in [0, 0.05) is 29.2 Å². The zero-order valence-electron chi connectivity index (χ0n) is 11.6. The monoisotopic (exact) mass is 319 g/mol. The molecule has 5 heteroatoms. The van der Waals surface area contributed by atoms with Gasteiger partial charge in [-0.3, -0.25) is 0 Å². The van der Waals surface area contributed by atoms with Crippen LogP contribution >= 0.6 is 23.2 Å². The van der Waals surface area contributed by atoms with E-state index in [0.29, 0.717) is 16.6 Å². The fourth-order valence-electron chi connectivity index (χ4n) is 2.48. The van der Waals surface area contributed by atoms with E-state index in [1.54, 1.807) is 6.07 Å². The minimum Gasteiger partial charge on any atom is -0.330 e. The first kappa shape index (κ1) is 14.4. The molecule has 2 N–H and O–H groups in total. The predicted molar refractivity (Wildman–Crippen MR) is 88.1 cm³/mol. The van der Waals surface area contributed by atoms with E-state index in [1.165, 1.54) is 0 Å². The number of benzene rings is 1. The number of halogens is 2. The summed E-state index contributed by atoms with van der Waals surface area (Å²) in [6.45, 7) is 2.63. The molecule has 2 aromatic heterocycles. The van der Waals surface area contributed by atoms with Gasteiger partial charge >= 0.3 is 0 Å². The topological polar surface area (TPSA) is 43.3 Å². The molecule has 108 valence electrons. The van der Waals surface area contributed by atoms with Gasteiger partial charge < -0.3 is 10.1 Å². The lowest BCUT2D eigenvalue weighted by Crippen LogP contribution is -2.12. The molecule has 3 nitrogen and oxygen atoms in total. The minimum absolute atomic E-state index is 0.171. The van der Waals surface area contributed by atoms with E-state index in [1.807, 2.05) is 36.5 Å². The van der Waals surface area contributed by atoms with Crippen LogP contribution < -0.4 is 5.73 Å². The smallest absolute Gasteiger partial charge is 0.137 e. The van der Waals surface area contributed by atoms with E-state index in [-0.39, 0.29) is 5.92 Å². The molecular weight excluding hydrogens is 305 g/mol. The van der Waals surface area contributed by atoms with Crippen molar-refractivity contribution in [3.05, 3.63) is 58.3 Å². The van der Waals surface area contributed by atoms with Crippen LogP contribution in [0.4, 0.5) is 0 Å². The number of imidazole rings is 1. The highest BCUT2D eigenvalue weighted by atomic mass is 35.5. The van der Waals surface area contributed by atoms with Gasteiger partial charge in [0.2, 0.25) is 0 Å². The van der Waals surface area contributed by atoms with E-state index in [0.717, 1.165) is 22.6 Å². The molecule has 0 radical (unpaired) electrons. The second-order valence-electron chi connectivity index (χ2n) is 5.04. The molecule has 0 amide bonds. The predicted octanol–water partition coefficient (Wildman–Crippen LogP) is 4.37. The van der Waals surface area contributed by atoms with Crippen LogP contribution in [-0.4, -0.2) is 15.9 Å². The number of rotatable bonds is 3. The van der Waals surface area contributed by atoms with Gasteiger partial charge in [0.25, 0.3) is 0 Å². The van der Waals surface area contributed by atoms with Crippen molar-refractivity contribution < 1.29 is 0 Å². The van der Waals surface area contributed by atoms with Crippen LogP contribution in [0.5, 0.6) is 0 Å². The Morgan fingerprint density at radius 2 is 2.05 bits per heavy atom. The van der Waals surface area contributed by atoms with Gasteiger partial charge in [-0.15, -0.1) is 0 Å². The number of pyridine rings is 1. The Balaban J connectivity index is 2.31. The van der Waals surface area contributed by atoms with Crippen molar-refractivity contribution in [2.75, 3.05) is 6.54 Å². The van der Waals surface area contributed by atoms with E-state index in [2.05, 4.69) is 11.3 Å². The van der Waals surface area contributed by atoms with Gasteiger partial charge in [0.1, 0.15) is 5.65 Å². The SMILES string of the molecule is CC(CN)c1c(-c2ccc(Cl)cc2Cl)nc2ccccn12. The number of hydrogen-bond donors (Lipinski definition) is 1. The molecule has 1 atom stereocenters. The van der Waals surface area contributed by atoms with E-state index < -0.39 is 0 Å². The third-order valence-electron chi connectivity index (χ3n) is 3.57. The van der Waals surface area contributed by atoms with Crippen LogP contribution in [0.3, 0.4) is 0 Å². The standard InChI is InChI=1S/C16H15Cl2N3/c1-10(9-19)16-15(12-6-5-11(17)8-13(12)18)20-14-4-2-3-7-21(14)16/h2-8,10H,9,19H2,1H3. The largest absolute Gasteiger partial charge is 0.330 e. The van der Waals surface area contributed by atoms with Crippen LogP contribution in [0.2, 0.25) is 10.0 Å². The number of nitrogens with zero attached hydrogens (tertiary/aromatic N) is 2. The summed E-state index contributed by atoms with van der Waals surface area (Å²) in [7, 11) is 0. The highest BCUT2D eigenvalue weighted by Crippen LogP contribution is 2.35. The average Bonchev–Trinajstić information content (AvgIpc) is 2.85. The van der Waals surface area contributed by atoms with E-state index in [4.69, 9.17) is 33.9 Å². The van der Waals surface area contributed by atoms with Crippen LogP contribution in [0, 0.1) is 0 Å². The third kappa shape index (κ3) is 2.53. The van der Waals surface area contributed by atoms with Gasteiger partial charge in [0.05, 0.1) is 16.4 Å². The lowest BCUT2D eigenvalue weighted by Gasteiger charge is -2.12. The maximum atomic E-state index is 6.35. The Morgan fingerprint density at radius 1 is 1.24 bits per heavy atom. The summed E-state index contributed by atoms with van der Waals surface area (Å²) in [5.74, 6) is 0.171. The highest BCUT2D eigenvalue weighted by Gasteiger charge is 2.20. The molecule has 0 spiro atoms. The van der Waals surface area contributed by atoms with Crippen molar-refractivity contribution in [1.29, 1.82) is 0 Å². The van der Waals surface area contributed by atoms with Gasteiger partial charge in [0.15, 0.2) is 0 Å². The van der Waals surface area contributed by atoms with Crippen LogP contribution in [0.25, 0.3) is 16.9 Å². The first-order valence-corrected chi connectivity index (χ1v) is 7.50.